The molecule has 0 fully saturated rings. The van der Waals surface area contributed by atoms with Gasteiger partial charge < -0.3 is 9.88 Å². The van der Waals surface area contributed by atoms with Crippen molar-refractivity contribution in [1.29, 1.82) is 0 Å². The molecule has 27 heavy (non-hydrogen) atoms. The Bertz CT molecular complexity index is 1060. The van der Waals surface area contributed by atoms with Crippen LogP contribution in [0.25, 0.3) is 10.2 Å². The van der Waals surface area contributed by atoms with Crippen molar-refractivity contribution in [3.63, 3.8) is 0 Å². The van der Waals surface area contributed by atoms with E-state index in [1.54, 1.807) is 14.0 Å². The Morgan fingerprint density at radius 1 is 1.22 bits per heavy atom. The number of benzene rings is 1. The van der Waals surface area contributed by atoms with Crippen LogP contribution in [0.3, 0.4) is 0 Å². The molecular weight excluding hydrogens is 358 g/mol. The van der Waals surface area contributed by atoms with E-state index in [0.717, 1.165) is 5.56 Å². The Kier molecular flexibility index (Phi) is 4.95. The summed E-state index contributed by atoms with van der Waals surface area (Å²) >= 11 is 1.26. The van der Waals surface area contributed by atoms with Crippen molar-refractivity contribution in [1.82, 2.24) is 14.9 Å². The molecule has 5 nitrogen and oxygen atoms in total. The quantitative estimate of drug-likeness (QED) is 0.741. The molecule has 0 aliphatic carbocycles. The van der Waals surface area contributed by atoms with E-state index >= 15 is 0 Å². The van der Waals surface area contributed by atoms with Gasteiger partial charge in [0.25, 0.3) is 11.5 Å². The second kappa shape index (κ2) is 6.93. The molecule has 1 aromatic carbocycles. The number of hydrogen-bond acceptors (Lipinski definition) is 4. The first-order chi connectivity index (χ1) is 12.6. The molecule has 0 spiro atoms. The zero-order chi connectivity index (χ0) is 19.9. The number of hydrogen-bond donors (Lipinski definition) is 1. The molecule has 1 atom stereocenters. The summed E-state index contributed by atoms with van der Waals surface area (Å²) in [7, 11) is 1.66. The summed E-state index contributed by atoms with van der Waals surface area (Å²) in [6.45, 7) is 10.3. The largest absolute Gasteiger partial charge is 0.345 e. The average Bonchev–Trinajstić information content (AvgIpc) is 2.95. The first-order valence-electron chi connectivity index (χ1n) is 8.95. The maximum atomic E-state index is 12.8. The number of fused-ring (bicyclic) bond motifs is 1. The van der Waals surface area contributed by atoms with Gasteiger partial charge in [-0.15, -0.1) is 11.3 Å². The van der Waals surface area contributed by atoms with Crippen LogP contribution < -0.4 is 10.9 Å². The van der Waals surface area contributed by atoms with Gasteiger partial charge in [0.15, 0.2) is 0 Å². The maximum Gasteiger partial charge on any atom is 0.262 e. The molecule has 0 bridgehead atoms. The third-order valence-electron chi connectivity index (χ3n) is 4.84. The Labute approximate surface area is 163 Å². The molecule has 0 saturated heterocycles. The topological polar surface area (TPSA) is 64.0 Å². The molecular formula is C21H25N3O2S. The van der Waals surface area contributed by atoms with Crippen LogP contribution in [0.15, 0.2) is 35.4 Å². The molecule has 6 heteroatoms. The van der Waals surface area contributed by atoms with E-state index in [0.29, 0.717) is 20.7 Å². The van der Waals surface area contributed by atoms with Gasteiger partial charge in [0.05, 0.1) is 22.6 Å². The van der Waals surface area contributed by atoms with Crippen LogP contribution >= 0.6 is 11.3 Å². The third-order valence-corrected chi connectivity index (χ3v) is 6.04. The first-order valence-corrected chi connectivity index (χ1v) is 9.77. The number of nitrogens with one attached hydrogen (secondary N) is 1. The van der Waals surface area contributed by atoms with Crippen molar-refractivity contribution in [3.05, 3.63) is 62.5 Å². The molecule has 3 aromatic rings. The number of aromatic nitrogens is 2. The summed E-state index contributed by atoms with van der Waals surface area (Å²) < 4.78 is 1.43. The molecule has 142 valence electrons. The van der Waals surface area contributed by atoms with E-state index in [9.17, 15) is 9.59 Å². The maximum absolute atomic E-state index is 12.8. The number of carbonyl (C=O) groups excluding carboxylic acids is 1. The van der Waals surface area contributed by atoms with Crippen LogP contribution in [0.5, 0.6) is 0 Å². The predicted octanol–water partition coefficient (Wildman–Crippen LogP) is 4.09. The van der Waals surface area contributed by atoms with Crippen LogP contribution in [-0.2, 0) is 12.5 Å². The predicted molar refractivity (Wildman–Crippen MR) is 111 cm³/mol. The van der Waals surface area contributed by atoms with E-state index in [1.165, 1.54) is 27.8 Å². The minimum absolute atomic E-state index is 0.0956. The van der Waals surface area contributed by atoms with E-state index in [-0.39, 0.29) is 22.9 Å². The number of rotatable bonds is 3. The van der Waals surface area contributed by atoms with E-state index in [4.69, 9.17) is 0 Å². The van der Waals surface area contributed by atoms with Gasteiger partial charge in [-0.2, -0.15) is 0 Å². The lowest BCUT2D eigenvalue weighted by Gasteiger charge is -2.20. The van der Waals surface area contributed by atoms with Gasteiger partial charge in [-0.1, -0.05) is 45.0 Å². The number of nitrogens with zero attached hydrogens (tertiary/aromatic N) is 2. The van der Waals surface area contributed by atoms with Crippen LogP contribution in [0, 0.1) is 6.92 Å². The van der Waals surface area contributed by atoms with E-state index in [1.807, 2.05) is 6.92 Å². The van der Waals surface area contributed by atoms with Crippen molar-refractivity contribution < 1.29 is 4.79 Å². The molecule has 1 N–H and O–H groups in total. The number of thiophene rings is 1. The lowest BCUT2D eigenvalue weighted by Crippen LogP contribution is -2.26. The van der Waals surface area contributed by atoms with E-state index in [2.05, 4.69) is 55.3 Å². The molecule has 0 aliphatic rings. The van der Waals surface area contributed by atoms with Gasteiger partial charge in [0.2, 0.25) is 0 Å². The molecule has 1 unspecified atom stereocenters. The van der Waals surface area contributed by atoms with Crippen LogP contribution in [0.1, 0.15) is 60.1 Å². The van der Waals surface area contributed by atoms with Gasteiger partial charge >= 0.3 is 0 Å². The van der Waals surface area contributed by atoms with E-state index < -0.39 is 0 Å². The summed E-state index contributed by atoms with van der Waals surface area (Å²) in [6, 6.07) is 8.19. The molecule has 3 rings (SSSR count). The Morgan fingerprint density at radius 2 is 1.85 bits per heavy atom. The molecule has 1 amide bonds. The minimum Gasteiger partial charge on any atom is -0.345 e. The zero-order valence-corrected chi connectivity index (χ0v) is 17.4. The minimum atomic E-state index is -0.176. The van der Waals surface area contributed by atoms with Crippen LogP contribution in [0.4, 0.5) is 0 Å². The SMILES string of the molecule is Cc1c(C(=O)NC(C)c2ccc(C(C)(C)C)cc2)sc2ncn(C)c(=O)c12. The lowest BCUT2D eigenvalue weighted by molar-refractivity contribution is 0.0943. The van der Waals surface area contributed by atoms with Gasteiger partial charge in [0.1, 0.15) is 4.83 Å². The second-order valence-corrected chi connectivity index (χ2v) is 8.96. The van der Waals surface area contributed by atoms with Crippen LogP contribution in [-0.4, -0.2) is 15.5 Å². The fraction of sp³-hybridized carbons (Fsp3) is 0.381. The molecule has 0 aliphatic heterocycles. The highest BCUT2D eigenvalue weighted by Gasteiger charge is 2.21. The monoisotopic (exact) mass is 383 g/mol. The number of carbonyl (C=O) groups is 1. The standard InChI is InChI=1S/C21H25N3O2S/c1-12-16-19(22-11-24(6)20(16)26)27-17(12)18(25)23-13(2)14-7-9-15(10-8-14)21(3,4)5/h7-11,13H,1-6H3,(H,23,25). The molecule has 2 heterocycles. The summed E-state index contributed by atoms with van der Waals surface area (Å²) in [4.78, 5) is 30.6. The van der Waals surface area contributed by atoms with Crippen molar-refractivity contribution in [3.8, 4) is 0 Å². The second-order valence-electron chi connectivity index (χ2n) is 7.96. The molecule has 0 saturated carbocycles. The van der Waals surface area contributed by atoms with Crippen LogP contribution in [0.2, 0.25) is 0 Å². The van der Waals surface area contributed by atoms with Crippen molar-refractivity contribution in [2.45, 2.75) is 46.1 Å². The fourth-order valence-corrected chi connectivity index (χ4v) is 4.09. The highest BCUT2D eigenvalue weighted by Crippen LogP contribution is 2.28. The molecule has 2 aromatic heterocycles. The Balaban J connectivity index is 1.85. The third kappa shape index (κ3) is 3.67. The fourth-order valence-electron chi connectivity index (χ4n) is 3.04. The number of amides is 1. The van der Waals surface area contributed by atoms with Gasteiger partial charge in [0, 0.05) is 7.05 Å². The number of aryl methyl sites for hydroxylation is 2. The van der Waals surface area contributed by atoms with Gasteiger partial charge in [-0.3, -0.25) is 9.59 Å². The smallest absolute Gasteiger partial charge is 0.262 e. The Morgan fingerprint density at radius 3 is 2.44 bits per heavy atom. The zero-order valence-electron chi connectivity index (χ0n) is 16.6. The summed E-state index contributed by atoms with van der Waals surface area (Å²) in [6.07, 6.45) is 1.49. The lowest BCUT2D eigenvalue weighted by atomic mass is 9.86. The summed E-state index contributed by atoms with van der Waals surface area (Å²) in [5.41, 5.74) is 2.96. The van der Waals surface area contributed by atoms with Crippen molar-refractivity contribution in [2.24, 2.45) is 7.05 Å². The Hall–Kier alpha value is -2.47. The van der Waals surface area contributed by atoms with Gasteiger partial charge in [-0.25, -0.2) is 4.98 Å². The first kappa shape index (κ1) is 19.3. The highest BCUT2D eigenvalue weighted by molar-refractivity contribution is 7.20. The normalized spacial score (nSPS) is 13.0. The van der Waals surface area contributed by atoms with Crippen molar-refractivity contribution in [2.75, 3.05) is 0 Å². The van der Waals surface area contributed by atoms with Gasteiger partial charge in [-0.05, 0) is 36.0 Å². The summed E-state index contributed by atoms with van der Waals surface area (Å²) in [5.74, 6) is -0.176. The average molecular weight is 384 g/mol. The molecule has 0 radical (unpaired) electrons. The highest BCUT2D eigenvalue weighted by atomic mass is 32.1. The summed E-state index contributed by atoms with van der Waals surface area (Å²) in [5, 5.41) is 3.57. The van der Waals surface area contributed by atoms with Crippen molar-refractivity contribution >= 4 is 27.5 Å².